The maximum absolute atomic E-state index is 4.45. The van der Waals surface area contributed by atoms with E-state index in [1.165, 1.54) is 44.3 Å². The number of hydrogen-bond acceptors (Lipinski definition) is 4. The Bertz CT molecular complexity index is 370. The fourth-order valence-electron chi connectivity index (χ4n) is 3.54. The van der Waals surface area contributed by atoms with Crippen LogP contribution in [0.25, 0.3) is 0 Å². The highest BCUT2D eigenvalue weighted by Gasteiger charge is 2.40. The number of nitrogens with one attached hydrogen (secondary N) is 1. The van der Waals surface area contributed by atoms with Crippen LogP contribution in [-0.2, 0) is 6.54 Å². The highest BCUT2D eigenvalue weighted by atomic mass is 32.1. The van der Waals surface area contributed by atoms with Crippen LogP contribution in [0, 0.1) is 0 Å². The fourth-order valence-corrected chi connectivity index (χ4v) is 4.08. The third-order valence-corrected chi connectivity index (χ3v) is 5.25. The van der Waals surface area contributed by atoms with Gasteiger partial charge in [0.1, 0.15) is 0 Å². The molecule has 1 spiro atoms. The van der Waals surface area contributed by atoms with Gasteiger partial charge in [-0.15, -0.1) is 11.3 Å². The van der Waals surface area contributed by atoms with Gasteiger partial charge in [-0.1, -0.05) is 19.8 Å². The average molecular weight is 265 g/mol. The zero-order chi connectivity index (χ0) is 12.4. The van der Waals surface area contributed by atoms with Crippen molar-refractivity contribution in [2.24, 2.45) is 0 Å². The van der Waals surface area contributed by atoms with Crippen LogP contribution in [0.1, 0.15) is 44.7 Å². The second kappa shape index (κ2) is 5.27. The van der Waals surface area contributed by atoms with Crippen LogP contribution in [0.15, 0.2) is 10.9 Å². The van der Waals surface area contributed by atoms with Gasteiger partial charge in [0.05, 0.1) is 11.2 Å². The number of piperazine rings is 1. The maximum Gasteiger partial charge on any atom is 0.0795 e. The number of nitrogens with zero attached hydrogens (tertiary/aromatic N) is 2. The Morgan fingerprint density at radius 1 is 1.50 bits per heavy atom. The van der Waals surface area contributed by atoms with E-state index in [1.807, 2.05) is 5.51 Å². The first-order valence-electron chi connectivity index (χ1n) is 7.17. The van der Waals surface area contributed by atoms with E-state index in [-0.39, 0.29) is 0 Å². The van der Waals surface area contributed by atoms with Gasteiger partial charge in [0.15, 0.2) is 0 Å². The SMILES string of the molecule is CCC1CNC2(CCCC2)CN1Cc1cscn1. The van der Waals surface area contributed by atoms with Crippen molar-refractivity contribution >= 4 is 11.3 Å². The van der Waals surface area contributed by atoms with Crippen LogP contribution >= 0.6 is 11.3 Å². The molecule has 1 atom stereocenters. The Morgan fingerprint density at radius 2 is 2.33 bits per heavy atom. The summed E-state index contributed by atoms with van der Waals surface area (Å²) in [6.07, 6.45) is 6.74. The molecule has 0 amide bonds. The van der Waals surface area contributed by atoms with Gasteiger partial charge in [-0.05, 0) is 19.3 Å². The van der Waals surface area contributed by atoms with Crippen molar-refractivity contribution in [1.82, 2.24) is 15.2 Å². The summed E-state index contributed by atoms with van der Waals surface area (Å²) < 4.78 is 0. The predicted octanol–water partition coefficient (Wildman–Crippen LogP) is 2.64. The standard InChI is InChI=1S/C14H23N3S/c1-2-13-7-16-14(5-3-4-6-14)10-17(13)8-12-9-18-11-15-12/h9,11,13,16H,2-8,10H2,1H3. The molecule has 1 aromatic heterocycles. The lowest BCUT2D eigenvalue weighted by Crippen LogP contribution is -2.62. The maximum atomic E-state index is 4.45. The molecule has 0 radical (unpaired) electrons. The van der Waals surface area contributed by atoms with Crippen LogP contribution in [0.5, 0.6) is 0 Å². The third-order valence-electron chi connectivity index (χ3n) is 4.62. The van der Waals surface area contributed by atoms with E-state index in [9.17, 15) is 0 Å². The summed E-state index contributed by atoms with van der Waals surface area (Å²) in [5.74, 6) is 0. The Balaban J connectivity index is 1.71. The van der Waals surface area contributed by atoms with Crippen molar-refractivity contribution in [2.45, 2.75) is 57.2 Å². The Hall–Kier alpha value is -0.450. The lowest BCUT2D eigenvalue weighted by molar-refractivity contribution is 0.0709. The number of rotatable bonds is 3. The van der Waals surface area contributed by atoms with E-state index in [0.717, 1.165) is 13.1 Å². The van der Waals surface area contributed by atoms with E-state index in [4.69, 9.17) is 0 Å². The minimum absolute atomic E-state index is 0.418. The molecule has 3 rings (SSSR count). The van der Waals surface area contributed by atoms with Crippen LogP contribution < -0.4 is 5.32 Å². The molecule has 0 aromatic carbocycles. The molecule has 18 heavy (non-hydrogen) atoms. The molecular formula is C14H23N3S. The molecule has 1 N–H and O–H groups in total. The van der Waals surface area contributed by atoms with Gasteiger partial charge in [-0.25, -0.2) is 4.98 Å². The first-order chi connectivity index (χ1) is 8.81. The quantitative estimate of drug-likeness (QED) is 0.910. The second-order valence-corrected chi connectivity index (χ2v) is 6.53. The molecule has 1 aromatic rings. The summed E-state index contributed by atoms with van der Waals surface area (Å²) >= 11 is 1.71. The first kappa shape index (κ1) is 12.6. The average Bonchev–Trinajstić information content (AvgIpc) is 3.02. The summed E-state index contributed by atoms with van der Waals surface area (Å²) in [5, 5.41) is 6.04. The van der Waals surface area contributed by atoms with E-state index >= 15 is 0 Å². The van der Waals surface area contributed by atoms with Crippen LogP contribution in [0.3, 0.4) is 0 Å². The van der Waals surface area contributed by atoms with Gasteiger partial charge in [-0.2, -0.15) is 0 Å². The lowest BCUT2D eigenvalue weighted by atomic mass is 9.91. The smallest absolute Gasteiger partial charge is 0.0795 e. The van der Waals surface area contributed by atoms with E-state index in [2.05, 4.69) is 27.5 Å². The highest BCUT2D eigenvalue weighted by Crippen LogP contribution is 2.34. The molecule has 2 heterocycles. The monoisotopic (exact) mass is 265 g/mol. The largest absolute Gasteiger partial charge is 0.308 e. The van der Waals surface area contributed by atoms with Crippen LogP contribution in [0.4, 0.5) is 0 Å². The molecule has 2 aliphatic rings. The Morgan fingerprint density at radius 3 is 3.00 bits per heavy atom. The van der Waals surface area contributed by atoms with Crippen molar-refractivity contribution in [1.29, 1.82) is 0 Å². The number of hydrogen-bond donors (Lipinski definition) is 1. The second-order valence-electron chi connectivity index (χ2n) is 5.82. The highest BCUT2D eigenvalue weighted by molar-refractivity contribution is 7.07. The molecule has 4 heteroatoms. The van der Waals surface area contributed by atoms with Crippen LogP contribution in [0.2, 0.25) is 0 Å². The minimum atomic E-state index is 0.418. The zero-order valence-corrected chi connectivity index (χ0v) is 12.0. The molecule has 1 unspecified atom stereocenters. The summed E-state index contributed by atoms with van der Waals surface area (Å²) in [7, 11) is 0. The van der Waals surface area contributed by atoms with Gasteiger partial charge < -0.3 is 5.32 Å². The molecule has 2 fully saturated rings. The van der Waals surface area contributed by atoms with Gasteiger partial charge in [0.2, 0.25) is 0 Å². The van der Waals surface area contributed by atoms with Gasteiger partial charge in [0.25, 0.3) is 0 Å². The van der Waals surface area contributed by atoms with E-state index < -0.39 is 0 Å². The zero-order valence-electron chi connectivity index (χ0n) is 11.2. The Kier molecular flexibility index (Phi) is 3.68. The molecule has 1 saturated carbocycles. The molecule has 1 aliphatic heterocycles. The van der Waals surface area contributed by atoms with Crippen molar-refractivity contribution in [3.05, 3.63) is 16.6 Å². The van der Waals surface area contributed by atoms with Crippen LogP contribution in [-0.4, -0.2) is 34.6 Å². The third kappa shape index (κ3) is 2.46. The molecular weight excluding hydrogens is 242 g/mol. The molecule has 1 saturated heterocycles. The summed E-state index contributed by atoms with van der Waals surface area (Å²) in [6, 6.07) is 0.679. The normalized spacial score (nSPS) is 27.9. The fraction of sp³-hybridized carbons (Fsp3) is 0.786. The molecule has 0 bridgehead atoms. The van der Waals surface area contributed by atoms with Crippen molar-refractivity contribution < 1.29 is 0 Å². The van der Waals surface area contributed by atoms with Gasteiger partial charge >= 0.3 is 0 Å². The van der Waals surface area contributed by atoms with Crippen molar-refractivity contribution in [3.8, 4) is 0 Å². The van der Waals surface area contributed by atoms with Crippen molar-refractivity contribution in [2.75, 3.05) is 13.1 Å². The molecule has 100 valence electrons. The molecule has 3 nitrogen and oxygen atoms in total. The van der Waals surface area contributed by atoms with E-state index in [1.54, 1.807) is 11.3 Å². The Labute approximate surface area is 114 Å². The van der Waals surface area contributed by atoms with E-state index in [0.29, 0.717) is 11.6 Å². The molecule has 1 aliphatic carbocycles. The minimum Gasteiger partial charge on any atom is -0.308 e. The van der Waals surface area contributed by atoms with Gasteiger partial charge in [0, 0.05) is 36.6 Å². The van der Waals surface area contributed by atoms with Crippen molar-refractivity contribution in [3.63, 3.8) is 0 Å². The summed E-state index contributed by atoms with van der Waals surface area (Å²) in [4.78, 5) is 7.11. The lowest BCUT2D eigenvalue weighted by Gasteiger charge is -2.46. The summed E-state index contributed by atoms with van der Waals surface area (Å²) in [5.41, 5.74) is 3.61. The number of thiazole rings is 1. The number of aromatic nitrogens is 1. The van der Waals surface area contributed by atoms with Gasteiger partial charge in [-0.3, -0.25) is 4.90 Å². The topological polar surface area (TPSA) is 28.2 Å². The summed E-state index contributed by atoms with van der Waals surface area (Å²) in [6.45, 7) is 5.70. The first-order valence-corrected chi connectivity index (χ1v) is 8.12. The predicted molar refractivity (Wildman–Crippen MR) is 75.8 cm³/mol.